The van der Waals surface area contributed by atoms with Gasteiger partial charge in [0.1, 0.15) is 6.61 Å². The molecule has 2 aromatic rings. The van der Waals surface area contributed by atoms with Gasteiger partial charge in [-0.15, -0.1) is 0 Å². The first kappa shape index (κ1) is 12.9. The molecule has 96 valence electrons. The molecule has 0 saturated carbocycles. The highest BCUT2D eigenvalue weighted by molar-refractivity contribution is 5.41. The van der Waals surface area contributed by atoms with E-state index in [-0.39, 0.29) is 6.61 Å². The highest BCUT2D eigenvalue weighted by Crippen LogP contribution is 2.08. The zero-order valence-electron chi connectivity index (χ0n) is 10.1. The molecule has 0 saturated heterocycles. The summed E-state index contributed by atoms with van der Waals surface area (Å²) in [5.41, 5.74) is 0.708. The second-order valence-electron chi connectivity index (χ2n) is 3.86. The van der Waals surface area contributed by atoms with Crippen molar-refractivity contribution in [3.05, 3.63) is 68.5 Å². The smallest absolute Gasteiger partial charge is 0.328 e. The number of aliphatic hydroxyl groups excluding tert-OH is 1. The molecule has 0 fully saturated rings. The molecule has 0 unspecified atom stereocenters. The van der Waals surface area contributed by atoms with Crippen molar-refractivity contribution in [2.45, 2.75) is 6.54 Å². The van der Waals surface area contributed by atoms with E-state index in [0.29, 0.717) is 6.54 Å². The van der Waals surface area contributed by atoms with E-state index < -0.39 is 11.2 Å². The second-order valence-corrected chi connectivity index (χ2v) is 3.86. The lowest BCUT2D eigenvalue weighted by Gasteiger charge is -2.06. The molecule has 5 heteroatoms. The maximum Gasteiger partial charge on any atom is 0.328 e. The van der Waals surface area contributed by atoms with E-state index in [2.05, 4.69) is 16.8 Å². The molecule has 0 aliphatic heterocycles. The minimum atomic E-state index is -0.461. The van der Waals surface area contributed by atoms with Gasteiger partial charge in [0, 0.05) is 17.8 Å². The van der Waals surface area contributed by atoms with Crippen molar-refractivity contribution in [3.8, 4) is 11.8 Å². The molecule has 5 nitrogen and oxygen atoms in total. The first-order valence-electron chi connectivity index (χ1n) is 5.68. The van der Waals surface area contributed by atoms with Crippen LogP contribution in [0.4, 0.5) is 0 Å². The van der Waals surface area contributed by atoms with Crippen molar-refractivity contribution >= 4 is 0 Å². The Hall–Kier alpha value is -2.58. The monoisotopic (exact) mass is 256 g/mol. The van der Waals surface area contributed by atoms with Gasteiger partial charge in [0.25, 0.3) is 5.56 Å². The second kappa shape index (κ2) is 5.85. The maximum absolute atomic E-state index is 11.6. The van der Waals surface area contributed by atoms with E-state index in [9.17, 15) is 9.59 Å². The summed E-state index contributed by atoms with van der Waals surface area (Å²) in [6.07, 6.45) is 1.44. The number of nitrogens with zero attached hydrogens (tertiary/aromatic N) is 1. The summed E-state index contributed by atoms with van der Waals surface area (Å²) in [5.74, 6) is 5.40. The van der Waals surface area contributed by atoms with E-state index in [0.717, 1.165) is 11.1 Å². The Morgan fingerprint density at radius 1 is 1.21 bits per heavy atom. The molecule has 1 heterocycles. The minimum Gasteiger partial charge on any atom is -0.384 e. The standard InChI is InChI=1S/C14H12N2O3/c17-9-3-6-11-4-1-2-5-12(11)10-16-8-7-13(18)15-14(16)19/h1-2,4-5,7-8,17H,9-10H2,(H,15,18,19). The summed E-state index contributed by atoms with van der Waals surface area (Å²) in [6, 6.07) is 8.63. The molecular formula is C14H12N2O3. The summed E-state index contributed by atoms with van der Waals surface area (Å²) < 4.78 is 1.39. The lowest BCUT2D eigenvalue weighted by Crippen LogP contribution is -2.29. The van der Waals surface area contributed by atoms with Gasteiger partial charge in [0.05, 0.1) is 6.54 Å². The summed E-state index contributed by atoms with van der Waals surface area (Å²) in [6.45, 7) is 0.0961. The zero-order valence-corrected chi connectivity index (χ0v) is 10.1. The van der Waals surface area contributed by atoms with Crippen molar-refractivity contribution < 1.29 is 5.11 Å². The summed E-state index contributed by atoms with van der Waals surface area (Å²) in [4.78, 5) is 24.8. The van der Waals surface area contributed by atoms with Crippen LogP contribution in [0.1, 0.15) is 11.1 Å². The Labute approximate surface area is 109 Å². The van der Waals surface area contributed by atoms with Crippen LogP contribution in [0.15, 0.2) is 46.1 Å². The fourth-order valence-corrected chi connectivity index (χ4v) is 1.67. The quantitative estimate of drug-likeness (QED) is 0.738. The lowest BCUT2D eigenvalue weighted by molar-refractivity contribution is 0.350. The molecule has 2 rings (SSSR count). The molecule has 1 aromatic heterocycles. The number of rotatable bonds is 2. The van der Waals surface area contributed by atoms with Crippen LogP contribution in [0.5, 0.6) is 0 Å². The van der Waals surface area contributed by atoms with Gasteiger partial charge in [0.15, 0.2) is 0 Å². The molecule has 0 radical (unpaired) electrons. The maximum atomic E-state index is 11.6. The highest BCUT2D eigenvalue weighted by Gasteiger charge is 2.02. The molecule has 19 heavy (non-hydrogen) atoms. The minimum absolute atomic E-state index is 0.215. The Bertz CT molecular complexity index is 747. The van der Waals surface area contributed by atoms with E-state index in [1.165, 1.54) is 16.8 Å². The molecule has 0 amide bonds. The number of aliphatic hydroxyl groups is 1. The van der Waals surface area contributed by atoms with Gasteiger partial charge in [-0.05, 0) is 11.6 Å². The predicted molar refractivity (Wildman–Crippen MR) is 70.8 cm³/mol. The van der Waals surface area contributed by atoms with Crippen LogP contribution in [0.2, 0.25) is 0 Å². The number of H-pyrrole nitrogens is 1. The summed E-state index contributed by atoms with van der Waals surface area (Å²) in [7, 11) is 0. The lowest BCUT2D eigenvalue weighted by atomic mass is 10.1. The van der Waals surface area contributed by atoms with Gasteiger partial charge < -0.3 is 5.11 Å². The molecule has 0 spiro atoms. The Morgan fingerprint density at radius 2 is 2.00 bits per heavy atom. The van der Waals surface area contributed by atoms with Gasteiger partial charge >= 0.3 is 5.69 Å². The molecule has 0 aliphatic carbocycles. The van der Waals surface area contributed by atoms with Gasteiger partial charge in [-0.2, -0.15) is 0 Å². The fourth-order valence-electron chi connectivity index (χ4n) is 1.67. The molecule has 2 N–H and O–H groups in total. The molecule has 1 aromatic carbocycles. The number of nitrogens with one attached hydrogen (secondary N) is 1. The van der Waals surface area contributed by atoms with Crippen LogP contribution < -0.4 is 11.2 Å². The average Bonchev–Trinajstić information content (AvgIpc) is 2.41. The van der Waals surface area contributed by atoms with Crippen LogP contribution in [0.25, 0.3) is 0 Å². The van der Waals surface area contributed by atoms with Gasteiger partial charge in [0.2, 0.25) is 0 Å². The van der Waals surface area contributed by atoms with Gasteiger partial charge in [-0.1, -0.05) is 30.0 Å². The Kier molecular flexibility index (Phi) is 3.96. The molecular weight excluding hydrogens is 244 g/mol. The average molecular weight is 256 g/mol. The number of benzene rings is 1. The summed E-state index contributed by atoms with van der Waals surface area (Å²) >= 11 is 0. The highest BCUT2D eigenvalue weighted by atomic mass is 16.2. The van der Waals surface area contributed by atoms with E-state index >= 15 is 0 Å². The van der Waals surface area contributed by atoms with Crippen LogP contribution in [0.3, 0.4) is 0 Å². The number of aromatic nitrogens is 2. The third kappa shape index (κ3) is 3.21. The van der Waals surface area contributed by atoms with Crippen molar-refractivity contribution in [1.82, 2.24) is 9.55 Å². The molecule has 0 bridgehead atoms. The van der Waals surface area contributed by atoms with Crippen molar-refractivity contribution in [3.63, 3.8) is 0 Å². The van der Waals surface area contributed by atoms with E-state index in [1.54, 1.807) is 0 Å². The molecule has 0 aliphatic rings. The fraction of sp³-hybridized carbons (Fsp3) is 0.143. The van der Waals surface area contributed by atoms with Gasteiger partial charge in [-0.3, -0.25) is 14.3 Å². The Balaban J connectivity index is 2.38. The first-order chi connectivity index (χ1) is 9.20. The van der Waals surface area contributed by atoms with E-state index in [4.69, 9.17) is 5.11 Å². The SMILES string of the molecule is O=c1ccn(Cc2ccccc2C#CCO)c(=O)[nH]1. The first-order valence-corrected chi connectivity index (χ1v) is 5.68. The number of hydrogen-bond acceptors (Lipinski definition) is 3. The Morgan fingerprint density at radius 3 is 2.74 bits per heavy atom. The third-order valence-electron chi connectivity index (χ3n) is 2.56. The topological polar surface area (TPSA) is 75.1 Å². The normalized spacial score (nSPS) is 9.74. The van der Waals surface area contributed by atoms with Crippen LogP contribution in [0, 0.1) is 11.8 Å². The van der Waals surface area contributed by atoms with Gasteiger partial charge in [-0.25, -0.2) is 4.79 Å². The third-order valence-corrected chi connectivity index (χ3v) is 2.56. The van der Waals surface area contributed by atoms with Crippen LogP contribution in [-0.4, -0.2) is 21.3 Å². The molecule has 0 atom stereocenters. The number of hydrogen-bond donors (Lipinski definition) is 2. The summed E-state index contributed by atoms with van der Waals surface area (Å²) in [5, 5.41) is 8.71. The van der Waals surface area contributed by atoms with Crippen LogP contribution in [-0.2, 0) is 6.54 Å². The zero-order chi connectivity index (χ0) is 13.7. The predicted octanol–water partition coefficient (Wildman–Crippen LogP) is -0.0713. The van der Waals surface area contributed by atoms with Crippen molar-refractivity contribution in [2.24, 2.45) is 0 Å². The van der Waals surface area contributed by atoms with Crippen molar-refractivity contribution in [2.75, 3.05) is 6.61 Å². The largest absolute Gasteiger partial charge is 0.384 e. The van der Waals surface area contributed by atoms with Crippen molar-refractivity contribution in [1.29, 1.82) is 0 Å². The van der Waals surface area contributed by atoms with Crippen LogP contribution >= 0.6 is 0 Å². The number of aromatic amines is 1. The van der Waals surface area contributed by atoms with E-state index in [1.807, 2.05) is 24.3 Å².